The molecule has 0 amide bonds. The number of aliphatic hydroxyl groups excluding tert-OH is 1. The Balaban J connectivity index is 1.33. The van der Waals surface area contributed by atoms with Gasteiger partial charge >= 0.3 is 19.4 Å². The van der Waals surface area contributed by atoms with E-state index in [0.29, 0.717) is 11.2 Å². The van der Waals surface area contributed by atoms with Gasteiger partial charge in [-0.15, -0.1) is 0 Å². The van der Waals surface area contributed by atoms with Crippen molar-refractivity contribution in [1.82, 2.24) is 9.55 Å². The first-order chi connectivity index (χ1) is 25.0. The summed E-state index contributed by atoms with van der Waals surface area (Å²) in [5, 5.41) is 10.2. The average Bonchev–Trinajstić information content (AvgIpc) is 3.35. The number of alkyl halides is 2. The van der Waals surface area contributed by atoms with Gasteiger partial charge in [0.2, 0.25) is 6.23 Å². The smallest absolute Gasteiger partial charge is 0.384 e. The first-order valence-electron chi connectivity index (χ1n) is 18.9. The summed E-state index contributed by atoms with van der Waals surface area (Å²) in [4.78, 5) is 25.8. The normalized spacial score (nSPS) is 20.2. The molecule has 2 heterocycles. The highest BCUT2D eigenvalue weighted by Gasteiger charge is 2.60. The van der Waals surface area contributed by atoms with Crippen molar-refractivity contribution >= 4 is 13.6 Å². The second-order valence-electron chi connectivity index (χ2n) is 13.5. The van der Waals surface area contributed by atoms with Crippen molar-refractivity contribution in [3.05, 3.63) is 58.6 Å². The van der Waals surface area contributed by atoms with Gasteiger partial charge in [0.25, 0.3) is 0 Å². The first-order valence-corrected chi connectivity index (χ1v) is 20.4. The molecule has 0 radical (unpaired) electrons. The lowest BCUT2D eigenvalue weighted by atomic mass is 10.0. The Morgan fingerprint density at radius 2 is 1.48 bits per heavy atom. The molecule has 0 spiro atoms. The molecular weight excluding hydrogens is 699 g/mol. The van der Waals surface area contributed by atoms with Gasteiger partial charge in [0, 0.05) is 12.8 Å². The number of anilines is 1. The number of aliphatic hydroxyl groups is 1. The summed E-state index contributed by atoms with van der Waals surface area (Å²) in [5.74, 6) is -4.13. The number of halogens is 2. The number of rotatable bonds is 29. The monoisotopic (exact) mass is 759 g/mol. The summed E-state index contributed by atoms with van der Waals surface area (Å²) in [7, 11) is -4.82. The van der Waals surface area contributed by atoms with Crippen LogP contribution in [0.5, 0.6) is 0 Å². The molecule has 4 unspecified atom stereocenters. The van der Waals surface area contributed by atoms with Crippen LogP contribution in [0.1, 0.15) is 121 Å². The summed E-state index contributed by atoms with van der Waals surface area (Å²) in [5.41, 5.74) is 5.19. The third kappa shape index (κ3) is 16.4. The van der Waals surface area contributed by atoms with Gasteiger partial charge < -0.3 is 29.9 Å². The van der Waals surface area contributed by atoms with Crippen molar-refractivity contribution < 1.29 is 46.6 Å². The molecule has 0 bridgehead atoms. The quantitative estimate of drug-likeness (QED) is 0.0550. The second kappa shape index (κ2) is 24.2. The summed E-state index contributed by atoms with van der Waals surface area (Å²) in [6.07, 6.45) is 14.1. The number of nitrogen functional groups attached to an aromatic ring is 1. The fourth-order valence-electron chi connectivity index (χ4n) is 5.99. The first kappa shape index (κ1) is 44.1. The fraction of sp³-hybridized carbons (Fsp3) is 0.730. The van der Waals surface area contributed by atoms with Gasteiger partial charge in [-0.1, -0.05) is 134 Å². The minimum Gasteiger partial charge on any atom is -0.384 e. The summed E-state index contributed by atoms with van der Waals surface area (Å²) in [6.45, 7) is 1.72. The highest BCUT2D eigenvalue weighted by atomic mass is 31.2. The Morgan fingerprint density at radius 3 is 2.06 bits per heavy atom. The molecule has 0 aliphatic carbocycles. The zero-order valence-electron chi connectivity index (χ0n) is 30.6. The minimum atomic E-state index is -4.82. The standard InChI is InChI=1S/C37H60F2N3O9P/c1-2-3-4-5-6-7-8-9-10-11-12-13-14-15-16-20-25-47-27-31(48-26-30-21-18-17-19-22-30)28-49-52(45,46)50-29-32-34(43)37(38,39)35(51-32)42-24-23-33(40)41-36(42)44/h17-19,21-24,31-32,34-35,43H,2-16,20,25-29H2,1H3,(H,45,46)(H2,40,41,44)/t31-,32?,34?,35?/m0/s1. The Labute approximate surface area is 307 Å². The van der Waals surface area contributed by atoms with Crippen molar-refractivity contribution in [2.24, 2.45) is 0 Å². The molecule has 52 heavy (non-hydrogen) atoms. The number of phosphoric ester groups is 1. The Bertz CT molecular complexity index is 1360. The lowest BCUT2D eigenvalue weighted by Gasteiger charge is -2.21. The van der Waals surface area contributed by atoms with E-state index in [1.54, 1.807) is 0 Å². The number of unbranched alkanes of at least 4 members (excludes halogenated alkanes) is 15. The number of nitrogens with zero attached hydrogens (tertiary/aromatic N) is 2. The van der Waals surface area contributed by atoms with Gasteiger partial charge in [-0.3, -0.25) is 13.6 Å². The van der Waals surface area contributed by atoms with Crippen LogP contribution >= 0.6 is 7.82 Å². The number of ether oxygens (including phenoxy) is 3. The number of benzene rings is 1. The number of hydrogen-bond donors (Lipinski definition) is 3. The molecule has 1 aromatic heterocycles. The van der Waals surface area contributed by atoms with Crippen molar-refractivity contribution in [3.63, 3.8) is 0 Å². The molecule has 1 aliphatic heterocycles. The van der Waals surface area contributed by atoms with Crippen LogP contribution in [-0.4, -0.2) is 70.2 Å². The van der Waals surface area contributed by atoms with E-state index in [-0.39, 0.29) is 25.6 Å². The predicted octanol–water partition coefficient (Wildman–Crippen LogP) is 7.72. The molecule has 1 aromatic carbocycles. The van der Waals surface area contributed by atoms with Crippen LogP contribution in [0.2, 0.25) is 0 Å². The van der Waals surface area contributed by atoms with Gasteiger partial charge in [-0.05, 0) is 18.1 Å². The second-order valence-corrected chi connectivity index (χ2v) is 15.0. The van der Waals surface area contributed by atoms with E-state index < -0.39 is 50.6 Å². The largest absolute Gasteiger partial charge is 0.472 e. The third-order valence-corrected chi connectivity index (χ3v) is 10.0. The molecule has 1 aliphatic rings. The van der Waals surface area contributed by atoms with Gasteiger partial charge in [-0.2, -0.15) is 13.8 Å². The molecule has 5 atom stereocenters. The summed E-state index contributed by atoms with van der Waals surface area (Å²) in [6, 6.07) is 10.5. The molecule has 296 valence electrons. The maximum absolute atomic E-state index is 14.8. The van der Waals surface area contributed by atoms with Crippen molar-refractivity contribution in [3.8, 4) is 0 Å². The number of phosphoric acid groups is 1. The summed E-state index contributed by atoms with van der Waals surface area (Å²) >= 11 is 0. The van der Waals surface area contributed by atoms with E-state index in [1.807, 2.05) is 30.3 Å². The molecule has 3 rings (SSSR count). The Morgan fingerprint density at radius 1 is 0.904 bits per heavy atom. The topological polar surface area (TPSA) is 165 Å². The van der Waals surface area contributed by atoms with Crippen LogP contribution in [0.25, 0.3) is 0 Å². The van der Waals surface area contributed by atoms with Crippen LogP contribution in [0.3, 0.4) is 0 Å². The zero-order chi connectivity index (χ0) is 37.7. The molecular formula is C37H60F2N3O9P. The van der Waals surface area contributed by atoms with Crippen LogP contribution < -0.4 is 11.4 Å². The van der Waals surface area contributed by atoms with Crippen LogP contribution in [0, 0.1) is 0 Å². The lowest BCUT2D eigenvalue weighted by Crippen LogP contribution is -2.42. The molecule has 1 fully saturated rings. The average molecular weight is 760 g/mol. The molecule has 15 heteroatoms. The maximum Gasteiger partial charge on any atom is 0.472 e. The van der Waals surface area contributed by atoms with E-state index in [4.69, 9.17) is 29.0 Å². The molecule has 1 saturated heterocycles. The highest BCUT2D eigenvalue weighted by Crippen LogP contribution is 2.47. The SMILES string of the molecule is CCCCCCCCCCCCCCCCCCOC[C@@H](COP(=O)(O)OCC1OC(n2ccc(N)nc2=O)C(F)(F)C1O)OCc1ccccc1. The molecule has 4 N–H and O–H groups in total. The number of hydrogen-bond acceptors (Lipinski definition) is 10. The fourth-order valence-corrected chi connectivity index (χ4v) is 6.76. The molecule has 12 nitrogen and oxygen atoms in total. The van der Waals surface area contributed by atoms with Gasteiger partial charge in [0.1, 0.15) is 18.0 Å². The molecule has 2 aromatic rings. The summed E-state index contributed by atoms with van der Waals surface area (Å²) < 4.78 is 69.8. The number of aromatic nitrogens is 2. The van der Waals surface area contributed by atoms with E-state index in [1.165, 1.54) is 83.5 Å². The van der Waals surface area contributed by atoms with E-state index in [2.05, 4.69) is 11.9 Å². The Kier molecular flexibility index (Phi) is 20.5. The van der Waals surface area contributed by atoms with E-state index >= 15 is 0 Å². The minimum absolute atomic E-state index is 0.0916. The van der Waals surface area contributed by atoms with Crippen molar-refractivity contribution in [1.29, 1.82) is 0 Å². The van der Waals surface area contributed by atoms with Crippen LogP contribution in [-0.2, 0) is 34.4 Å². The molecule has 0 saturated carbocycles. The van der Waals surface area contributed by atoms with Crippen molar-refractivity contribution in [2.45, 2.75) is 147 Å². The van der Waals surface area contributed by atoms with Crippen molar-refractivity contribution in [2.75, 3.05) is 32.2 Å². The van der Waals surface area contributed by atoms with E-state index in [9.17, 15) is 28.1 Å². The van der Waals surface area contributed by atoms with Gasteiger partial charge in [-0.25, -0.2) is 9.36 Å². The maximum atomic E-state index is 14.8. The van der Waals surface area contributed by atoms with E-state index in [0.717, 1.165) is 37.1 Å². The van der Waals surface area contributed by atoms with Crippen LogP contribution in [0.15, 0.2) is 47.4 Å². The zero-order valence-corrected chi connectivity index (χ0v) is 31.5. The highest BCUT2D eigenvalue weighted by molar-refractivity contribution is 7.47. The van der Waals surface area contributed by atoms with Crippen LogP contribution in [0.4, 0.5) is 14.6 Å². The van der Waals surface area contributed by atoms with Gasteiger partial charge in [0.15, 0.2) is 6.10 Å². The third-order valence-electron chi connectivity index (χ3n) is 9.08. The van der Waals surface area contributed by atoms with Gasteiger partial charge in [0.05, 0.1) is 26.4 Å². The lowest BCUT2D eigenvalue weighted by molar-refractivity contribution is -0.140. The predicted molar refractivity (Wildman–Crippen MR) is 195 cm³/mol. The number of nitrogens with two attached hydrogens (primary N) is 1. The Hall–Kier alpha value is -2.29.